The van der Waals surface area contributed by atoms with Crippen molar-refractivity contribution in [1.29, 1.82) is 0 Å². The Morgan fingerprint density at radius 2 is 2.00 bits per heavy atom. The summed E-state index contributed by atoms with van der Waals surface area (Å²) >= 11 is 0. The quantitative estimate of drug-likeness (QED) is 0.870. The van der Waals surface area contributed by atoms with E-state index in [0.29, 0.717) is 18.7 Å². The molecule has 23 heavy (non-hydrogen) atoms. The number of likely N-dealkylation sites (tertiary alicyclic amines) is 2. The van der Waals surface area contributed by atoms with Gasteiger partial charge in [-0.3, -0.25) is 9.59 Å². The molecule has 1 N–H and O–H groups in total. The van der Waals surface area contributed by atoms with E-state index in [9.17, 15) is 9.59 Å². The highest BCUT2D eigenvalue weighted by atomic mass is 16.2. The zero-order chi connectivity index (χ0) is 16.0. The highest BCUT2D eigenvalue weighted by molar-refractivity contribution is 6.06. The maximum absolute atomic E-state index is 12.8. The first-order chi connectivity index (χ1) is 11.1. The first-order valence-corrected chi connectivity index (χ1v) is 8.08. The Kier molecular flexibility index (Phi) is 3.14. The molecule has 2 aromatic heterocycles. The van der Waals surface area contributed by atoms with Crippen LogP contribution in [0.15, 0.2) is 24.5 Å². The number of amides is 2. The molecule has 0 aromatic carbocycles. The zero-order valence-electron chi connectivity index (χ0n) is 13.2. The Hall–Kier alpha value is -2.37. The van der Waals surface area contributed by atoms with Gasteiger partial charge in [0.2, 0.25) is 5.91 Å². The Morgan fingerprint density at radius 1 is 1.26 bits per heavy atom. The van der Waals surface area contributed by atoms with Crippen LogP contribution in [0.1, 0.15) is 29.6 Å². The molecule has 2 aromatic rings. The van der Waals surface area contributed by atoms with Gasteiger partial charge in [0, 0.05) is 44.5 Å². The van der Waals surface area contributed by atoms with Gasteiger partial charge in [-0.25, -0.2) is 4.98 Å². The van der Waals surface area contributed by atoms with E-state index in [2.05, 4.69) is 9.97 Å². The van der Waals surface area contributed by atoms with E-state index in [1.165, 1.54) is 0 Å². The van der Waals surface area contributed by atoms with E-state index in [4.69, 9.17) is 0 Å². The Labute approximate surface area is 134 Å². The number of piperidine rings is 1. The first-order valence-electron chi connectivity index (χ1n) is 8.08. The third-order valence-electron chi connectivity index (χ3n) is 5.42. The largest absolute Gasteiger partial charge is 0.345 e. The Morgan fingerprint density at radius 3 is 2.70 bits per heavy atom. The van der Waals surface area contributed by atoms with Crippen molar-refractivity contribution in [2.24, 2.45) is 5.41 Å². The van der Waals surface area contributed by atoms with E-state index < -0.39 is 0 Å². The first kappa shape index (κ1) is 14.2. The minimum Gasteiger partial charge on any atom is -0.345 e. The molecule has 0 bridgehead atoms. The smallest absolute Gasteiger partial charge is 0.256 e. The van der Waals surface area contributed by atoms with E-state index >= 15 is 0 Å². The normalized spacial score (nSPS) is 20.7. The van der Waals surface area contributed by atoms with Gasteiger partial charge < -0.3 is 14.8 Å². The topological polar surface area (TPSA) is 69.3 Å². The number of aromatic amines is 1. The van der Waals surface area contributed by atoms with Crippen molar-refractivity contribution in [3.63, 3.8) is 0 Å². The number of H-pyrrole nitrogens is 1. The SMILES string of the molecule is CN1CCC2(CCN(C(=O)c3c[nH]c4ncccc34)CC2)C1=O. The fraction of sp³-hybridized carbons (Fsp3) is 0.471. The van der Waals surface area contributed by atoms with E-state index in [-0.39, 0.29) is 17.2 Å². The Balaban J connectivity index is 1.52. The predicted molar refractivity (Wildman–Crippen MR) is 85.9 cm³/mol. The zero-order valence-corrected chi connectivity index (χ0v) is 13.2. The van der Waals surface area contributed by atoms with E-state index in [1.807, 2.05) is 29.0 Å². The second-order valence-corrected chi connectivity index (χ2v) is 6.65. The van der Waals surface area contributed by atoms with Gasteiger partial charge >= 0.3 is 0 Å². The van der Waals surface area contributed by atoms with Gasteiger partial charge in [0.1, 0.15) is 5.65 Å². The second kappa shape index (κ2) is 5.08. The van der Waals surface area contributed by atoms with Crippen LogP contribution < -0.4 is 0 Å². The molecular weight excluding hydrogens is 292 g/mol. The predicted octanol–water partition coefficient (Wildman–Crippen LogP) is 1.65. The molecule has 1 spiro atoms. The van der Waals surface area contributed by atoms with Gasteiger partial charge in [0.25, 0.3) is 5.91 Å². The maximum atomic E-state index is 12.8. The monoisotopic (exact) mass is 312 g/mol. The molecule has 4 rings (SSSR count). The number of nitrogens with one attached hydrogen (secondary N) is 1. The van der Waals surface area contributed by atoms with Crippen molar-refractivity contribution in [3.8, 4) is 0 Å². The van der Waals surface area contributed by atoms with Gasteiger partial charge in [-0.15, -0.1) is 0 Å². The highest BCUT2D eigenvalue weighted by Gasteiger charge is 2.47. The molecule has 0 unspecified atom stereocenters. The number of pyridine rings is 1. The summed E-state index contributed by atoms with van der Waals surface area (Å²) < 4.78 is 0. The average Bonchev–Trinajstić information content (AvgIpc) is 3.13. The van der Waals surface area contributed by atoms with Gasteiger partial charge in [-0.2, -0.15) is 0 Å². The Bertz CT molecular complexity index is 774. The van der Waals surface area contributed by atoms with E-state index in [0.717, 1.165) is 36.8 Å². The third kappa shape index (κ3) is 2.12. The molecule has 120 valence electrons. The summed E-state index contributed by atoms with van der Waals surface area (Å²) in [6.45, 7) is 2.12. The lowest BCUT2D eigenvalue weighted by Gasteiger charge is -2.37. The highest BCUT2D eigenvalue weighted by Crippen LogP contribution is 2.41. The van der Waals surface area contributed by atoms with Crippen LogP contribution in [-0.4, -0.2) is 58.3 Å². The molecule has 4 heterocycles. The lowest BCUT2D eigenvalue weighted by atomic mass is 9.77. The van der Waals surface area contributed by atoms with Crippen LogP contribution in [0.25, 0.3) is 11.0 Å². The van der Waals surface area contributed by atoms with Gasteiger partial charge in [-0.05, 0) is 31.4 Å². The summed E-state index contributed by atoms with van der Waals surface area (Å²) in [5, 5.41) is 0.856. The summed E-state index contributed by atoms with van der Waals surface area (Å²) in [4.78, 5) is 36.1. The van der Waals surface area contributed by atoms with Crippen molar-refractivity contribution >= 4 is 22.8 Å². The third-order valence-corrected chi connectivity index (χ3v) is 5.42. The summed E-state index contributed by atoms with van der Waals surface area (Å²) in [7, 11) is 1.87. The number of hydrogen-bond donors (Lipinski definition) is 1. The molecule has 0 saturated carbocycles. The van der Waals surface area contributed by atoms with Crippen molar-refractivity contribution in [1.82, 2.24) is 19.8 Å². The molecule has 2 fully saturated rings. The maximum Gasteiger partial charge on any atom is 0.256 e. The molecular formula is C17H20N4O2. The molecule has 0 aliphatic carbocycles. The molecule has 0 radical (unpaired) electrons. The van der Waals surface area contributed by atoms with E-state index in [1.54, 1.807) is 12.4 Å². The average molecular weight is 312 g/mol. The van der Waals surface area contributed by atoms with Crippen molar-refractivity contribution in [2.75, 3.05) is 26.7 Å². The van der Waals surface area contributed by atoms with Gasteiger partial charge in [0.05, 0.1) is 11.0 Å². The van der Waals surface area contributed by atoms with Crippen molar-refractivity contribution in [3.05, 3.63) is 30.1 Å². The molecule has 6 heteroatoms. The summed E-state index contributed by atoms with van der Waals surface area (Å²) in [6.07, 6.45) is 5.89. The molecule has 2 aliphatic rings. The van der Waals surface area contributed by atoms with Crippen LogP contribution >= 0.6 is 0 Å². The molecule has 2 amide bonds. The number of carbonyl (C=O) groups is 2. The summed E-state index contributed by atoms with van der Waals surface area (Å²) in [5.74, 6) is 0.277. The number of carbonyl (C=O) groups excluding carboxylic acids is 2. The van der Waals surface area contributed by atoms with Crippen LogP contribution in [0.5, 0.6) is 0 Å². The van der Waals surface area contributed by atoms with Gasteiger partial charge in [-0.1, -0.05) is 0 Å². The molecule has 0 atom stereocenters. The summed E-state index contributed by atoms with van der Waals surface area (Å²) in [5.41, 5.74) is 1.17. The van der Waals surface area contributed by atoms with Crippen LogP contribution in [0.4, 0.5) is 0 Å². The second-order valence-electron chi connectivity index (χ2n) is 6.65. The lowest BCUT2D eigenvalue weighted by molar-refractivity contribution is -0.137. The number of fused-ring (bicyclic) bond motifs is 1. The molecule has 6 nitrogen and oxygen atoms in total. The number of rotatable bonds is 1. The molecule has 2 saturated heterocycles. The molecule has 2 aliphatic heterocycles. The van der Waals surface area contributed by atoms with Crippen LogP contribution in [0.3, 0.4) is 0 Å². The van der Waals surface area contributed by atoms with Gasteiger partial charge in [0.15, 0.2) is 0 Å². The summed E-state index contributed by atoms with van der Waals surface area (Å²) in [6, 6.07) is 3.75. The number of aromatic nitrogens is 2. The standard InChI is InChI=1S/C17H20N4O2/c1-20-8-4-17(16(20)23)5-9-21(10-6-17)15(22)13-11-19-14-12(13)3-2-7-18-14/h2-3,7,11H,4-6,8-10H2,1H3,(H,18,19). The van der Waals surface area contributed by atoms with Crippen LogP contribution in [0, 0.1) is 5.41 Å². The van der Waals surface area contributed by atoms with Crippen LogP contribution in [0.2, 0.25) is 0 Å². The fourth-order valence-corrected chi connectivity index (χ4v) is 3.90. The fourth-order valence-electron chi connectivity index (χ4n) is 3.90. The number of nitrogens with zero attached hydrogens (tertiary/aromatic N) is 3. The minimum atomic E-state index is -0.229. The number of hydrogen-bond acceptors (Lipinski definition) is 3. The lowest BCUT2D eigenvalue weighted by Crippen LogP contribution is -2.46. The van der Waals surface area contributed by atoms with Crippen molar-refractivity contribution in [2.45, 2.75) is 19.3 Å². The minimum absolute atomic E-state index is 0.0258. The van der Waals surface area contributed by atoms with Crippen molar-refractivity contribution < 1.29 is 9.59 Å². The van der Waals surface area contributed by atoms with Crippen LogP contribution in [-0.2, 0) is 4.79 Å².